The molecule has 1 heterocycles. The van der Waals surface area contributed by atoms with Crippen molar-refractivity contribution in [2.45, 2.75) is 24.9 Å². The first kappa shape index (κ1) is 14.3. The predicted octanol–water partition coefficient (Wildman–Crippen LogP) is 1.45. The van der Waals surface area contributed by atoms with Gasteiger partial charge in [-0.1, -0.05) is 60.7 Å². The van der Waals surface area contributed by atoms with Crippen LogP contribution >= 0.6 is 0 Å². The number of amides is 1. The summed E-state index contributed by atoms with van der Waals surface area (Å²) in [6, 6.07) is 18.3. The Morgan fingerprint density at radius 2 is 1.64 bits per heavy atom. The summed E-state index contributed by atoms with van der Waals surface area (Å²) in [5.41, 5.74) is 0.116. The number of likely N-dealkylation sites (tertiary alicyclic amines) is 1. The molecule has 2 aromatic carbocycles. The highest BCUT2D eigenvalue weighted by Crippen LogP contribution is 2.40. The van der Waals surface area contributed by atoms with E-state index in [1.165, 1.54) is 4.90 Å². The number of carbonyl (C=O) groups excluding carboxylic acids is 2. The fraction of sp³-hybridized carbons (Fsp3) is 0.222. The maximum Gasteiger partial charge on any atom is 0.224 e. The topological polar surface area (TPSA) is 60.4 Å². The van der Waals surface area contributed by atoms with Gasteiger partial charge in [0.1, 0.15) is 5.54 Å². The molecule has 1 aliphatic heterocycles. The van der Waals surface area contributed by atoms with Gasteiger partial charge >= 0.3 is 0 Å². The number of benzene rings is 2. The first-order chi connectivity index (χ1) is 10.6. The molecule has 1 aliphatic rings. The van der Waals surface area contributed by atoms with E-state index < -0.39 is 11.5 Å². The molecule has 4 heteroatoms. The molecule has 3 rings (SSSR count). The Labute approximate surface area is 129 Å². The minimum Gasteiger partial charge on any atom is -0.547 e. The molecule has 0 aromatic heterocycles. The summed E-state index contributed by atoms with van der Waals surface area (Å²) < 4.78 is 0. The van der Waals surface area contributed by atoms with Crippen LogP contribution in [0.3, 0.4) is 0 Å². The number of aliphatic carboxylic acids is 1. The molecule has 1 saturated heterocycles. The average molecular weight is 294 g/mol. The van der Waals surface area contributed by atoms with Crippen molar-refractivity contribution in [1.82, 2.24) is 4.90 Å². The Balaban J connectivity index is 2.04. The van der Waals surface area contributed by atoms with Crippen LogP contribution in [0.5, 0.6) is 0 Å². The standard InChI is InChI=1S/C18H17NO3/c20-16-11-12-18(17(21)22,15-9-5-2-6-10-15)19(16)13-14-7-3-1-4-8-14/h1-10H,11-13H2,(H,21,22)/p-1/t18-/m0/s1. The van der Waals surface area contributed by atoms with E-state index in [0.717, 1.165) is 5.56 Å². The number of hydrogen-bond acceptors (Lipinski definition) is 3. The van der Waals surface area contributed by atoms with Crippen molar-refractivity contribution in [2.75, 3.05) is 0 Å². The summed E-state index contributed by atoms with van der Waals surface area (Å²) in [6.07, 6.45) is 0.459. The molecule has 0 unspecified atom stereocenters. The van der Waals surface area contributed by atoms with Crippen LogP contribution in [0.15, 0.2) is 60.7 Å². The molecule has 1 atom stereocenters. The third kappa shape index (κ3) is 2.26. The quantitative estimate of drug-likeness (QED) is 0.857. The van der Waals surface area contributed by atoms with Gasteiger partial charge in [-0.25, -0.2) is 0 Å². The Kier molecular flexibility index (Phi) is 3.67. The van der Waals surface area contributed by atoms with Crippen molar-refractivity contribution in [1.29, 1.82) is 0 Å². The van der Waals surface area contributed by atoms with Crippen LogP contribution in [-0.4, -0.2) is 16.8 Å². The SMILES string of the molecule is O=C1CC[C@@](C(=O)[O-])(c2ccccc2)N1Cc1ccccc1. The minimum atomic E-state index is -1.38. The van der Waals surface area contributed by atoms with Crippen molar-refractivity contribution in [3.63, 3.8) is 0 Å². The normalized spacial score (nSPS) is 21.1. The second kappa shape index (κ2) is 5.64. The fourth-order valence-corrected chi connectivity index (χ4v) is 3.10. The lowest BCUT2D eigenvalue weighted by molar-refractivity contribution is -0.319. The largest absolute Gasteiger partial charge is 0.547 e. The van der Waals surface area contributed by atoms with Crippen LogP contribution in [0.1, 0.15) is 24.0 Å². The monoisotopic (exact) mass is 294 g/mol. The second-order valence-corrected chi connectivity index (χ2v) is 5.48. The molecule has 1 amide bonds. The van der Waals surface area contributed by atoms with Gasteiger partial charge in [0.25, 0.3) is 0 Å². The Morgan fingerprint density at radius 3 is 2.23 bits per heavy atom. The number of hydrogen-bond donors (Lipinski definition) is 0. The summed E-state index contributed by atoms with van der Waals surface area (Å²) in [6.45, 7) is 0.266. The van der Waals surface area contributed by atoms with Gasteiger partial charge in [0.05, 0.1) is 5.97 Å². The van der Waals surface area contributed by atoms with E-state index in [2.05, 4.69) is 0 Å². The van der Waals surface area contributed by atoms with E-state index in [-0.39, 0.29) is 25.3 Å². The van der Waals surface area contributed by atoms with Crippen LogP contribution < -0.4 is 5.11 Å². The Hall–Kier alpha value is -2.62. The highest BCUT2D eigenvalue weighted by atomic mass is 16.4. The molecule has 1 fully saturated rings. The van der Waals surface area contributed by atoms with Gasteiger partial charge in [-0.3, -0.25) is 4.79 Å². The van der Waals surface area contributed by atoms with Crippen molar-refractivity contribution >= 4 is 11.9 Å². The Morgan fingerprint density at radius 1 is 1.05 bits per heavy atom. The van der Waals surface area contributed by atoms with E-state index in [1.807, 2.05) is 36.4 Å². The highest BCUT2D eigenvalue weighted by Gasteiger charge is 2.47. The van der Waals surface area contributed by atoms with E-state index in [0.29, 0.717) is 5.56 Å². The average Bonchev–Trinajstić information content (AvgIpc) is 2.87. The van der Waals surface area contributed by atoms with Crippen molar-refractivity contribution in [3.05, 3.63) is 71.8 Å². The summed E-state index contributed by atoms with van der Waals surface area (Å²) >= 11 is 0. The number of carboxylic acid groups (broad SMARTS) is 1. The first-order valence-corrected chi connectivity index (χ1v) is 7.26. The number of nitrogens with zero attached hydrogens (tertiary/aromatic N) is 1. The van der Waals surface area contributed by atoms with Gasteiger partial charge in [0.15, 0.2) is 0 Å². The minimum absolute atomic E-state index is 0.156. The van der Waals surface area contributed by atoms with Crippen LogP contribution in [0.25, 0.3) is 0 Å². The maximum absolute atomic E-state index is 12.3. The van der Waals surface area contributed by atoms with Crippen molar-refractivity contribution in [3.8, 4) is 0 Å². The van der Waals surface area contributed by atoms with Crippen molar-refractivity contribution < 1.29 is 14.7 Å². The zero-order chi connectivity index (χ0) is 15.6. The summed E-state index contributed by atoms with van der Waals surface area (Å²) in [5.74, 6) is -1.38. The summed E-state index contributed by atoms with van der Waals surface area (Å²) in [7, 11) is 0. The van der Waals surface area contributed by atoms with Crippen LogP contribution in [0, 0.1) is 0 Å². The lowest BCUT2D eigenvalue weighted by Gasteiger charge is -2.40. The number of carbonyl (C=O) groups is 2. The van der Waals surface area contributed by atoms with Gasteiger partial charge in [0, 0.05) is 13.0 Å². The van der Waals surface area contributed by atoms with Gasteiger partial charge in [-0.2, -0.15) is 0 Å². The smallest absolute Gasteiger partial charge is 0.224 e. The second-order valence-electron chi connectivity index (χ2n) is 5.48. The van der Waals surface area contributed by atoms with Crippen molar-refractivity contribution in [2.24, 2.45) is 0 Å². The van der Waals surface area contributed by atoms with Crippen LogP contribution in [0.4, 0.5) is 0 Å². The summed E-state index contributed by atoms with van der Waals surface area (Å²) in [5, 5.41) is 12.0. The third-order valence-electron chi connectivity index (χ3n) is 4.24. The van der Waals surface area contributed by atoms with Crippen LogP contribution in [-0.2, 0) is 21.7 Å². The molecule has 0 radical (unpaired) electrons. The number of carboxylic acids is 1. The van der Waals surface area contributed by atoms with E-state index in [4.69, 9.17) is 0 Å². The molecule has 2 aromatic rings. The number of rotatable bonds is 4. The first-order valence-electron chi connectivity index (χ1n) is 7.26. The van der Waals surface area contributed by atoms with Gasteiger partial charge in [0.2, 0.25) is 5.91 Å². The molecular weight excluding hydrogens is 278 g/mol. The molecule has 0 saturated carbocycles. The van der Waals surface area contributed by atoms with Gasteiger partial charge in [-0.15, -0.1) is 0 Å². The zero-order valence-electron chi connectivity index (χ0n) is 12.1. The zero-order valence-corrected chi connectivity index (χ0v) is 12.1. The predicted molar refractivity (Wildman–Crippen MR) is 79.4 cm³/mol. The van der Waals surface area contributed by atoms with E-state index >= 15 is 0 Å². The molecule has 22 heavy (non-hydrogen) atoms. The molecule has 0 N–H and O–H groups in total. The molecule has 4 nitrogen and oxygen atoms in total. The van der Waals surface area contributed by atoms with E-state index in [9.17, 15) is 14.7 Å². The summed E-state index contributed by atoms with van der Waals surface area (Å²) in [4.78, 5) is 25.7. The molecule has 112 valence electrons. The lowest BCUT2D eigenvalue weighted by Crippen LogP contribution is -2.55. The van der Waals surface area contributed by atoms with Gasteiger partial charge < -0.3 is 14.8 Å². The molecule has 0 spiro atoms. The van der Waals surface area contributed by atoms with E-state index in [1.54, 1.807) is 24.3 Å². The third-order valence-corrected chi connectivity index (χ3v) is 4.24. The van der Waals surface area contributed by atoms with Crippen LogP contribution in [0.2, 0.25) is 0 Å². The molecule has 0 aliphatic carbocycles. The highest BCUT2D eigenvalue weighted by molar-refractivity contribution is 5.91. The maximum atomic E-state index is 12.3. The van der Waals surface area contributed by atoms with Gasteiger partial charge in [-0.05, 0) is 17.5 Å². The lowest BCUT2D eigenvalue weighted by atomic mass is 9.87. The molecule has 0 bridgehead atoms. The molecular formula is C18H16NO3-. The Bertz CT molecular complexity index is 684. The fourth-order valence-electron chi connectivity index (χ4n) is 3.10.